The van der Waals surface area contributed by atoms with Crippen LogP contribution in [0.5, 0.6) is 0 Å². The summed E-state index contributed by atoms with van der Waals surface area (Å²) < 4.78 is 0. The molecule has 5 nitrogen and oxygen atoms in total. The smallest absolute Gasteiger partial charge is 0.148 e. The van der Waals surface area contributed by atoms with Crippen molar-refractivity contribution in [1.29, 1.82) is 10.5 Å². The third-order valence-electron chi connectivity index (χ3n) is 3.58. The van der Waals surface area contributed by atoms with Gasteiger partial charge in [-0.1, -0.05) is 18.5 Å². The number of hydrogen-bond acceptors (Lipinski definition) is 5. The maximum atomic E-state index is 9.10. The molecule has 0 N–H and O–H groups in total. The summed E-state index contributed by atoms with van der Waals surface area (Å²) in [6.07, 6.45) is 2.44. The van der Waals surface area contributed by atoms with Crippen LogP contribution in [0.25, 0.3) is 0 Å². The molecule has 1 aromatic rings. The van der Waals surface area contributed by atoms with Crippen molar-refractivity contribution in [3.8, 4) is 12.1 Å². The Hall–Kier alpha value is -1.82. The molecule has 1 unspecified atom stereocenters. The molecule has 6 heteroatoms. The number of hydrogen-bond donors (Lipinski definition) is 0. The quantitative estimate of drug-likeness (QED) is 0.852. The second-order valence-corrected chi connectivity index (χ2v) is 5.06. The van der Waals surface area contributed by atoms with E-state index in [2.05, 4.69) is 26.9 Å². The third kappa shape index (κ3) is 2.85. The van der Waals surface area contributed by atoms with Crippen LogP contribution in [-0.2, 0) is 0 Å². The van der Waals surface area contributed by atoms with Crippen LogP contribution in [0.2, 0.25) is 5.02 Å². The average Bonchev–Trinajstić information content (AvgIpc) is 2.50. The van der Waals surface area contributed by atoms with Gasteiger partial charge in [0.05, 0.1) is 17.7 Å². The van der Waals surface area contributed by atoms with Crippen LogP contribution >= 0.6 is 11.6 Å². The van der Waals surface area contributed by atoms with Crippen molar-refractivity contribution in [3.05, 3.63) is 22.8 Å². The van der Waals surface area contributed by atoms with Gasteiger partial charge in [-0.2, -0.15) is 10.5 Å². The lowest BCUT2D eigenvalue weighted by atomic mass is 10.2. The van der Waals surface area contributed by atoms with Crippen molar-refractivity contribution in [2.45, 2.75) is 19.4 Å². The number of nitrogens with zero attached hydrogens (tertiary/aromatic N) is 5. The molecular weight excluding hydrogens is 274 g/mol. The van der Waals surface area contributed by atoms with E-state index in [0.717, 1.165) is 32.6 Å². The minimum absolute atomic E-state index is 0.0222. The first-order valence-corrected chi connectivity index (χ1v) is 7.02. The highest BCUT2D eigenvalue weighted by atomic mass is 35.5. The van der Waals surface area contributed by atoms with Gasteiger partial charge in [0.1, 0.15) is 16.9 Å². The van der Waals surface area contributed by atoms with Gasteiger partial charge in [0.2, 0.25) is 0 Å². The van der Waals surface area contributed by atoms with Gasteiger partial charge in [0, 0.05) is 32.4 Å². The van der Waals surface area contributed by atoms with E-state index in [-0.39, 0.29) is 6.04 Å². The lowest BCUT2D eigenvalue weighted by molar-refractivity contribution is 0.216. The Labute approximate surface area is 124 Å². The predicted molar refractivity (Wildman–Crippen MR) is 77.4 cm³/mol. The number of piperazine rings is 1. The summed E-state index contributed by atoms with van der Waals surface area (Å²) >= 11 is 6.20. The summed E-state index contributed by atoms with van der Waals surface area (Å²) in [7, 11) is 0. The standard InChI is InChI=1S/C14H16ClN5/c1-2-12(10-17)19-5-7-20(8-6-19)14-13(15)11(9-16)3-4-18-14/h3-4,12H,2,5-8H2,1H3. The number of nitriles is 2. The molecule has 20 heavy (non-hydrogen) atoms. The normalized spacial score (nSPS) is 17.3. The van der Waals surface area contributed by atoms with E-state index >= 15 is 0 Å². The summed E-state index contributed by atoms with van der Waals surface area (Å²) in [5.74, 6) is 0.662. The second kappa shape index (κ2) is 6.56. The number of pyridine rings is 1. The molecular formula is C14H16ClN5. The fourth-order valence-electron chi connectivity index (χ4n) is 2.42. The van der Waals surface area contributed by atoms with E-state index in [0.29, 0.717) is 16.4 Å². The maximum absolute atomic E-state index is 9.10. The fourth-order valence-corrected chi connectivity index (χ4v) is 2.69. The molecule has 1 atom stereocenters. The summed E-state index contributed by atoms with van der Waals surface area (Å²) in [5, 5.41) is 18.5. The van der Waals surface area contributed by atoms with Crippen molar-refractivity contribution in [2.75, 3.05) is 31.1 Å². The average molecular weight is 290 g/mol. The molecule has 104 valence electrons. The summed E-state index contributed by atoms with van der Waals surface area (Å²) in [4.78, 5) is 8.53. The topological polar surface area (TPSA) is 67.0 Å². The molecule has 0 aromatic carbocycles. The summed E-state index contributed by atoms with van der Waals surface area (Å²) in [6.45, 7) is 5.16. The first-order valence-electron chi connectivity index (χ1n) is 6.64. The highest BCUT2D eigenvalue weighted by Crippen LogP contribution is 2.27. The molecule has 0 spiro atoms. The van der Waals surface area contributed by atoms with Crippen LogP contribution in [0, 0.1) is 22.7 Å². The number of aromatic nitrogens is 1. The van der Waals surface area contributed by atoms with E-state index in [1.807, 2.05) is 6.92 Å². The van der Waals surface area contributed by atoms with E-state index in [4.69, 9.17) is 22.1 Å². The maximum Gasteiger partial charge on any atom is 0.148 e. The Kier molecular flexibility index (Phi) is 4.79. The van der Waals surface area contributed by atoms with Crippen LogP contribution in [0.4, 0.5) is 5.82 Å². The van der Waals surface area contributed by atoms with Crippen LogP contribution in [-0.4, -0.2) is 42.1 Å². The van der Waals surface area contributed by atoms with Gasteiger partial charge >= 0.3 is 0 Å². The van der Waals surface area contributed by atoms with E-state index < -0.39 is 0 Å². The first-order chi connectivity index (χ1) is 9.71. The van der Waals surface area contributed by atoms with Gasteiger partial charge in [-0.25, -0.2) is 4.98 Å². The Morgan fingerprint density at radius 3 is 2.60 bits per heavy atom. The minimum atomic E-state index is -0.0222. The molecule has 1 aliphatic rings. The third-order valence-corrected chi connectivity index (χ3v) is 3.95. The molecule has 0 radical (unpaired) electrons. The lowest BCUT2D eigenvalue weighted by Gasteiger charge is -2.37. The molecule has 0 saturated carbocycles. The molecule has 0 bridgehead atoms. The Balaban J connectivity index is 2.09. The van der Waals surface area contributed by atoms with Crippen molar-refractivity contribution in [2.24, 2.45) is 0 Å². The van der Waals surface area contributed by atoms with Gasteiger partial charge in [-0.05, 0) is 12.5 Å². The van der Waals surface area contributed by atoms with Gasteiger partial charge in [0.25, 0.3) is 0 Å². The highest BCUT2D eigenvalue weighted by Gasteiger charge is 2.24. The van der Waals surface area contributed by atoms with Crippen molar-refractivity contribution >= 4 is 17.4 Å². The van der Waals surface area contributed by atoms with E-state index in [1.54, 1.807) is 12.3 Å². The van der Waals surface area contributed by atoms with Crippen molar-refractivity contribution in [1.82, 2.24) is 9.88 Å². The van der Waals surface area contributed by atoms with Crippen molar-refractivity contribution in [3.63, 3.8) is 0 Å². The summed E-state index contributed by atoms with van der Waals surface area (Å²) in [6, 6.07) is 5.99. The first kappa shape index (κ1) is 14.6. The summed E-state index contributed by atoms with van der Waals surface area (Å²) in [5.41, 5.74) is 0.447. The molecule has 2 rings (SSSR count). The molecule has 2 heterocycles. The number of halogens is 1. The molecule has 1 aliphatic heterocycles. The van der Waals surface area contributed by atoms with Crippen LogP contribution in [0.1, 0.15) is 18.9 Å². The molecule has 1 saturated heterocycles. The lowest BCUT2D eigenvalue weighted by Crippen LogP contribution is -2.50. The van der Waals surface area contributed by atoms with Gasteiger partial charge in [-0.3, -0.25) is 4.90 Å². The zero-order chi connectivity index (χ0) is 14.5. The fraction of sp³-hybridized carbons (Fsp3) is 0.500. The zero-order valence-corrected chi connectivity index (χ0v) is 12.1. The van der Waals surface area contributed by atoms with Gasteiger partial charge in [0.15, 0.2) is 0 Å². The Bertz CT molecular complexity index is 552. The molecule has 1 fully saturated rings. The number of rotatable bonds is 3. The Morgan fingerprint density at radius 2 is 2.05 bits per heavy atom. The SMILES string of the molecule is CCC(C#N)N1CCN(c2nccc(C#N)c2Cl)CC1. The predicted octanol–water partition coefficient (Wildman–Crippen LogP) is 2.03. The molecule has 1 aromatic heterocycles. The zero-order valence-electron chi connectivity index (χ0n) is 11.4. The molecule has 0 amide bonds. The number of anilines is 1. The van der Waals surface area contributed by atoms with E-state index in [1.165, 1.54) is 0 Å². The minimum Gasteiger partial charge on any atom is -0.353 e. The van der Waals surface area contributed by atoms with Gasteiger partial charge in [-0.15, -0.1) is 0 Å². The van der Waals surface area contributed by atoms with Crippen LogP contribution < -0.4 is 4.90 Å². The molecule has 0 aliphatic carbocycles. The Morgan fingerprint density at radius 1 is 1.35 bits per heavy atom. The monoisotopic (exact) mass is 289 g/mol. The van der Waals surface area contributed by atoms with E-state index in [9.17, 15) is 0 Å². The largest absolute Gasteiger partial charge is 0.353 e. The van der Waals surface area contributed by atoms with Crippen molar-refractivity contribution < 1.29 is 0 Å². The van der Waals surface area contributed by atoms with Crippen LogP contribution in [0.3, 0.4) is 0 Å². The highest BCUT2D eigenvalue weighted by molar-refractivity contribution is 6.34. The van der Waals surface area contributed by atoms with Crippen LogP contribution in [0.15, 0.2) is 12.3 Å². The van der Waals surface area contributed by atoms with Gasteiger partial charge < -0.3 is 4.90 Å². The second-order valence-electron chi connectivity index (χ2n) is 4.68.